The smallest absolute Gasteiger partial charge is 0.296 e. The standard InChI is InChI=1S/C30H37N5O6/c1-30(2,15-20-9-12-24(13-10-20)41-27-14-11-22(17-32-27)29(31)37)34-18-23(36)19-40-26-8-4-7-25(35(38)39)28(26)33-16-21-5-3-6-21/h4,7-14,17,21,23,33-34,36H,3,5-6,15-16,18-19H2,1-2H3,(H2,31,37)/t23-/m0/s1. The molecular weight excluding hydrogens is 526 g/mol. The number of benzene rings is 2. The van der Waals surface area contributed by atoms with Crippen LogP contribution >= 0.6 is 0 Å². The molecule has 1 atom stereocenters. The lowest BCUT2D eigenvalue weighted by atomic mass is 9.85. The third kappa shape index (κ3) is 8.63. The molecule has 5 N–H and O–H groups in total. The molecule has 1 aliphatic rings. The van der Waals surface area contributed by atoms with Gasteiger partial charge in [0.25, 0.3) is 5.69 Å². The van der Waals surface area contributed by atoms with Crippen LogP contribution in [0, 0.1) is 16.0 Å². The Morgan fingerprint density at radius 1 is 1.20 bits per heavy atom. The van der Waals surface area contributed by atoms with Crippen LogP contribution in [0.15, 0.2) is 60.8 Å². The number of para-hydroxylation sites is 1. The molecule has 4 rings (SSSR count). The third-order valence-corrected chi connectivity index (χ3v) is 7.05. The number of anilines is 1. The zero-order valence-electron chi connectivity index (χ0n) is 23.3. The van der Waals surface area contributed by atoms with E-state index in [0.29, 0.717) is 47.5 Å². The molecule has 0 unspecified atom stereocenters. The highest BCUT2D eigenvalue weighted by Gasteiger charge is 2.24. The molecule has 1 aromatic heterocycles. The molecule has 0 radical (unpaired) electrons. The molecule has 0 spiro atoms. The zero-order chi connectivity index (χ0) is 29.4. The number of nitrogens with zero attached hydrogens (tertiary/aromatic N) is 2. The fourth-order valence-electron chi connectivity index (χ4n) is 4.51. The first-order chi connectivity index (χ1) is 19.6. The van der Waals surface area contributed by atoms with Crippen LogP contribution in [-0.4, -0.2) is 52.3 Å². The van der Waals surface area contributed by atoms with E-state index in [9.17, 15) is 20.0 Å². The van der Waals surface area contributed by atoms with Crippen LogP contribution in [0.4, 0.5) is 11.4 Å². The molecule has 218 valence electrons. The first-order valence-corrected chi connectivity index (χ1v) is 13.7. The molecule has 0 bridgehead atoms. The number of aromatic nitrogens is 1. The maximum Gasteiger partial charge on any atom is 0.296 e. The maximum absolute atomic E-state index is 11.6. The fraction of sp³-hybridized carbons (Fsp3) is 0.400. The van der Waals surface area contributed by atoms with E-state index >= 15 is 0 Å². The normalized spacial score (nSPS) is 14.1. The van der Waals surface area contributed by atoms with Gasteiger partial charge in [0.15, 0.2) is 5.69 Å². The second kappa shape index (κ2) is 13.4. The number of carbonyl (C=O) groups is 1. The predicted octanol–water partition coefficient (Wildman–Crippen LogP) is 4.44. The number of nitrogens with two attached hydrogens (primary N) is 1. The van der Waals surface area contributed by atoms with Gasteiger partial charge in [0.05, 0.1) is 10.5 Å². The number of nitrogens with one attached hydrogen (secondary N) is 2. The quantitative estimate of drug-likeness (QED) is 0.155. The minimum Gasteiger partial charge on any atom is -0.488 e. The predicted molar refractivity (Wildman–Crippen MR) is 155 cm³/mol. The fourth-order valence-corrected chi connectivity index (χ4v) is 4.51. The van der Waals surface area contributed by atoms with Crippen molar-refractivity contribution in [3.8, 4) is 17.4 Å². The van der Waals surface area contributed by atoms with Crippen LogP contribution in [0.2, 0.25) is 0 Å². The van der Waals surface area contributed by atoms with Gasteiger partial charge in [-0.3, -0.25) is 14.9 Å². The van der Waals surface area contributed by atoms with Crippen molar-refractivity contribution in [1.29, 1.82) is 0 Å². The third-order valence-electron chi connectivity index (χ3n) is 7.05. The number of nitro benzene ring substituents is 1. The molecule has 1 fully saturated rings. The average molecular weight is 564 g/mol. The topological polar surface area (TPSA) is 162 Å². The molecule has 1 aliphatic carbocycles. The van der Waals surface area contributed by atoms with E-state index in [0.717, 1.165) is 18.4 Å². The molecule has 1 saturated carbocycles. The van der Waals surface area contributed by atoms with Crippen LogP contribution in [-0.2, 0) is 6.42 Å². The summed E-state index contributed by atoms with van der Waals surface area (Å²) in [5.41, 5.74) is 6.59. The highest BCUT2D eigenvalue weighted by atomic mass is 16.6. The van der Waals surface area contributed by atoms with Gasteiger partial charge in [-0.25, -0.2) is 4.98 Å². The number of β-amino-alcohol motifs (C(OH)–C–C–N with tert-alkyl or cyclic N) is 1. The lowest BCUT2D eigenvalue weighted by Gasteiger charge is -2.28. The van der Waals surface area contributed by atoms with Gasteiger partial charge in [0.1, 0.15) is 24.2 Å². The Balaban J connectivity index is 1.26. The average Bonchev–Trinajstić information content (AvgIpc) is 2.91. The van der Waals surface area contributed by atoms with Crippen LogP contribution in [0.5, 0.6) is 17.4 Å². The summed E-state index contributed by atoms with van der Waals surface area (Å²) in [6, 6.07) is 15.5. The lowest BCUT2D eigenvalue weighted by molar-refractivity contribution is -0.384. The van der Waals surface area contributed by atoms with Crippen molar-refractivity contribution >= 4 is 17.3 Å². The Morgan fingerprint density at radius 3 is 2.56 bits per heavy atom. The molecule has 41 heavy (non-hydrogen) atoms. The SMILES string of the molecule is CC(C)(Cc1ccc(Oc2ccc(C(N)=O)cn2)cc1)NC[C@H](O)COc1cccc([N+](=O)[O-])c1NCC1CCC1. The highest BCUT2D eigenvalue weighted by Crippen LogP contribution is 2.36. The lowest BCUT2D eigenvalue weighted by Crippen LogP contribution is -2.46. The molecule has 11 nitrogen and oxygen atoms in total. The van der Waals surface area contributed by atoms with Crippen molar-refractivity contribution in [2.24, 2.45) is 11.7 Å². The Hall–Kier alpha value is -4.22. The van der Waals surface area contributed by atoms with Gasteiger partial charge in [-0.1, -0.05) is 24.6 Å². The summed E-state index contributed by atoms with van der Waals surface area (Å²) in [5, 5.41) is 28.8. The van der Waals surface area contributed by atoms with Crippen LogP contribution < -0.4 is 25.8 Å². The molecule has 2 aromatic carbocycles. The van der Waals surface area contributed by atoms with Crippen LogP contribution in [0.3, 0.4) is 0 Å². The summed E-state index contributed by atoms with van der Waals surface area (Å²) in [5.74, 6) is 1.29. The Labute approximate surface area is 239 Å². The van der Waals surface area contributed by atoms with E-state index in [-0.39, 0.29) is 24.4 Å². The molecular formula is C30H37N5O6. The second-order valence-corrected chi connectivity index (χ2v) is 11.0. The van der Waals surface area contributed by atoms with Crippen molar-refractivity contribution in [2.45, 2.75) is 51.2 Å². The first-order valence-electron chi connectivity index (χ1n) is 13.7. The van der Waals surface area contributed by atoms with E-state index in [4.69, 9.17) is 15.2 Å². The van der Waals surface area contributed by atoms with Gasteiger partial charge in [0, 0.05) is 37.0 Å². The van der Waals surface area contributed by atoms with Crippen LogP contribution in [0.25, 0.3) is 0 Å². The number of primary amides is 1. The Morgan fingerprint density at radius 2 is 1.95 bits per heavy atom. The minimum absolute atomic E-state index is 0.0111. The molecule has 0 aliphatic heterocycles. The van der Waals surface area contributed by atoms with Crippen LogP contribution in [0.1, 0.15) is 49.0 Å². The van der Waals surface area contributed by atoms with E-state index in [1.54, 1.807) is 24.3 Å². The van der Waals surface area contributed by atoms with E-state index in [1.807, 2.05) is 38.1 Å². The van der Waals surface area contributed by atoms with Crippen molar-refractivity contribution in [3.63, 3.8) is 0 Å². The Bertz CT molecular complexity index is 1330. The molecule has 1 amide bonds. The number of hydrogen-bond acceptors (Lipinski definition) is 9. The molecule has 3 aromatic rings. The summed E-state index contributed by atoms with van der Waals surface area (Å²) in [6.45, 7) is 5.01. The van der Waals surface area contributed by atoms with Crippen molar-refractivity contribution in [1.82, 2.24) is 10.3 Å². The molecule has 1 heterocycles. The highest BCUT2D eigenvalue weighted by molar-refractivity contribution is 5.92. The summed E-state index contributed by atoms with van der Waals surface area (Å²) < 4.78 is 11.6. The van der Waals surface area contributed by atoms with E-state index < -0.39 is 16.9 Å². The number of pyridine rings is 1. The van der Waals surface area contributed by atoms with Gasteiger partial charge in [-0.2, -0.15) is 0 Å². The number of aliphatic hydroxyl groups excluding tert-OH is 1. The number of aliphatic hydroxyl groups is 1. The van der Waals surface area contributed by atoms with Gasteiger partial charge in [-0.15, -0.1) is 0 Å². The Kier molecular flexibility index (Phi) is 9.74. The molecule has 0 saturated heterocycles. The number of ether oxygens (including phenoxy) is 2. The second-order valence-electron chi connectivity index (χ2n) is 11.0. The minimum atomic E-state index is -0.822. The summed E-state index contributed by atoms with van der Waals surface area (Å²) >= 11 is 0. The summed E-state index contributed by atoms with van der Waals surface area (Å²) in [6.07, 6.45) is 4.66. The van der Waals surface area contributed by atoms with Gasteiger partial charge in [-0.05, 0) is 68.9 Å². The number of hydrogen-bond donors (Lipinski definition) is 4. The van der Waals surface area contributed by atoms with Crippen molar-refractivity contribution in [3.05, 3.63) is 82.0 Å². The number of nitro groups is 1. The zero-order valence-corrected chi connectivity index (χ0v) is 23.3. The summed E-state index contributed by atoms with van der Waals surface area (Å²) in [7, 11) is 0. The van der Waals surface area contributed by atoms with Crippen molar-refractivity contribution < 1.29 is 24.3 Å². The summed E-state index contributed by atoms with van der Waals surface area (Å²) in [4.78, 5) is 26.4. The number of amides is 1. The maximum atomic E-state index is 11.6. The van der Waals surface area contributed by atoms with E-state index in [1.165, 1.54) is 18.7 Å². The molecule has 11 heteroatoms. The number of rotatable bonds is 15. The van der Waals surface area contributed by atoms with Crippen molar-refractivity contribution in [2.75, 3.05) is 25.0 Å². The van der Waals surface area contributed by atoms with Gasteiger partial charge in [0.2, 0.25) is 11.8 Å². The largest absolute Gasteiger partial charge is 0.488 e. The van der Waals surface area contributed by atoms with Gasteiger partial charge < -0.3 is 30.9 Å². The number of carbonyl (C=O) groups excluding carboxylic acids is 1. The first kappa shape index (κ1) is 29.8. The monoisotopic (exact) mass is 563 g/mol. The van der Waals surface area contributed by atoms with E-state index in [2.05, 4.69) is 15.6 Å². The van der Waals surface area contributed by atoms with Gasteiger partial charge >= 0.3 is 0 Å².